The molecule has 2 N–H and O–H groups in total. The third-order valence-electron chi connectivity index (χ3n) is 3.14. The maximum absolute atomic E-state index is 13.0. The van der Waals surface area contributed by atoms with Crippen LogP contribution < -0.4 is 4.90 Å². The summed E-state index contributed by atoms with van der Waals surface area (Å²) < 4.78 is 13.0. The van der Waals surface area contributed by atoms with E-state index < -0.39 is 11.8 Å². The number of nitrogens with zero attached hydrogens (tertiary/aromatic N) is 2. The fourth-order valence-corrected chi connectivity index (χ4v) is 2.25. The summed E-state index contributed by atoms with van der Waals surface area (Å²) in [7, 11) is 0. The SMILES string of the molecule is O=C(O)c1cc(F)cnc1N1CCCC(CO)C1. The van der Waals surface area contributed by atoms with Gasteiger partial charge in [-0.25, -0.2) is 14.2 Å². The summed E-state index contributed by atoms with van der Waals surface area (Å²) in [6, 6.07) is 0.979. The molecule has 1 aliphatic rings. The molecular weight excluding hydrogens is 239 g/mol. The number of aliphatic hydroxyl groups excluding tert-OH is 1. The number of carboxylic acid groups (broad SMARTS) is 1. The van der Waals surface area contributed by atoms with Gasteiger partial charge < -0.3 is 15.1 Å². The molecule has 1 aromatic heterocycles. The molecule has 0 aliphatic carbocycles. The van der Waals surface area contributed by atoms with Crippen molar-refractivity contribution in [2.75, 3.05) is 24.6 Å². The molecule has 0 saturated carbocycles. The van der Waals surface area contributed by atoms with Crippen molar-refractivity contribution >= 4 is 11.8 Å². The number of carboxylic acids is 1. The molecule has 2 rings (SSSR count). The molecular formula is C12H15FN2O3. The average molecular weight is 254 g/mol. The van der Waals surface area contributed by atoms with E-state index in [1.807, 2.05) is 0 Å². The summed E-state index contributed by atoms with van der Waals surface area (Å²) >= 11 is 0. The van der Waals surface area contributed by atoms with Crippen LogP contribution in [0.3, 0.4) is 0 Å². The van der Waals surface area contributed by atoms with Crippen molar-refractivity contribution in [3.8, 4) is 0 Å². The number of carbonyl (C=O) groups is 1. The van der Waals surface area contributed by atoms with Gasteiger partial charge >= 0.3 is 5.97 Å². The molecule has 5 nitrogen and oxygen atoms in total. The predicted molar refractivity (Wildman–Crippen MR) is 63.2 cm³/mol. The first-order valence-electron chi connectivity index (χ1n) is 5.86. The number of hydrogen-bond donors (Lipinski definition) is 2. The Morgan fingerprint density at radius 3 is 3.06 bits per heavy atom. The number of aromatic carboxylic acids is 1. The fourth-order valence-electron chi connectivity index (χ4n) is 2.25. The van der Waals surface area contributed by atoms with Crippen LogP contribution in [-0.2, 0) is 0 Å². The van der Waals surface area contributed by atoms with Gasteiger partial charge in [-0.3, -0.25) is 0 Å². The molecule has 0 aromatic carbocycles. The van der Waals surface area contributed by atoms with Gasteiger partial charge in [0.15, 0.2) is 0 Å². The van der Waals surface area contributed by atoms with Crippen molar-refractivity contribution in [1.29, 1.82) is 0 Å². The molecule has 1 saturated heterocycles. The summed E-state index contributed by atoms with van der Waals surface area (Å²) in [5, 5.41) is 18.2. The Bertz CT molecular complexity index is 453. The second-order valence-electron chi connectivity index (χ2n) is 4.47. The summed E-state index contributed by atoms with van der Waals surface area (Å²) in [6.07, 6.45) is 2.80. The average Bonchev–Trinajstić information content (AvgIpc) is 2.38. The van der Waals surface area contributed by atoms with Crippen LogP contribution in [0, 0.1) is 11.7 Å². The van der Waals surface area contributed by atoms with E-state index in [9.17, 15) is 9.18 Å². The third-order valence-corrected chi connectivity index (χ3v) is 3.14. The van der Waals surface area contributed by atoms with Gasteiger partial charge in [0.1, 0.15) is 17.2 Å². The highest BCUT2D eigenvalue weighted by molar-refractivity contribution is 5.93. The highest BCUT2D eigenvalue weighted by Gasteiger charge is 2.24. The molecule has 1 fully saturated rings. The van der Waals surface area contributed by atoms with Crippen LogP contribution >= 0.6 is 0 Å². The van der Waals surface area contributed by atoms with Crippen LogP contribution in [0.5, 0.6) is 0 Å². The lowest BCUT2D eigenvalue weighted by molar-refractivity contribution is 0.0696. The van der Waals surface area contributed by atoms with Crippen molar-refractivity contribution in [3.05, 3.63) is 23.6 Å². The van der Waals surface area contributed by atoms with Crippen LogP contribution in [0.25, 0.3) is 0 Å². The van der Waals surface area contributed by atoms with Crippen molar-refractivity contribution < 1.29 is 19.4 Å². The number of hydrogen-bond acceptors (Lipinski definition) is 4. The maximum Gasteiger partial charge on any atom is 0.339 e. The Balaban J connectivity index is 2.29. The van der Waals surface area contributed by atoms with Crippen LogP contribution in [0.4, 0.5) is 10.2 Å². The van der Waals surface area contributed by atoms with E-state index in [0.29, 0.717) is 13.1 Å². The van der Waals surface area contributed by atoms with E-state index in [0.717, 1.165) is 25.1 Å². The highest BCUT2D eigenvalue weighted by Crippen LogP contribution is 2.24. The summed E-state index contributed by atoms with van der Waals surface area (Å²) in [6.45, 7) is 1.30. The van der Waals surface area contributed by atoms with Gasteiger partial charge in [-0.15, -0.1) is 0 Å². The van der Waals surface area contributed by atoms with Crippen LogP contribution in [0.15, 0.2) is 12.3 Å². The molecule has 0 bridgehead atoms. The normalized spacial score (nSPS) is 19.9. The lowest BCUT2D eigenvalue weighted by Gasteiger charge is -2.33. The zero-order valence-electron chi connectivity index (χ0n) is 9.84. The predicted octanol–water partition coefficient (Wildman–Crippen LogP) is 1.13. The number of pyridine rings is 1. The zero-order chi connectivity index (χ0) is 13.1. The van der Waals surface area contributed by atoms with E-state index in [2.05, 4.69) is 4.98 Å². The van der Waals surface area contributed by atoms with Gasteiger partial charge in [-0.05, 0) is 24.8 Å². The second-order valence-corrected chi connectivity index (χ2v) is 4.47. The molecule has 98 valence electrons. The van der Waals surface area contributed by atoms with E-state index in [4.69, 9.17) is 10.2 Å². The Labute approximate surface area is 104 Å². The molecule has 6 heteroatoms. The number of aliphatic hydroxyl groups is 1. The first-order valence-corrected chi connectivity index (χ1v) is 5.86. The Hall–Kier alpha value is -1.69. The monoisotopic (exact) mass is 254 g/mol. The summed E-state index contributed by atoms with van der Waals surface area (Å²) in [5.74, 6) is -1.45. The smallest absolute Gasteiger partial charge is 0.339 e. The largest absolute Gasteiger partial charge is 0.478 e. The quantitative estimate of drug-likeness (QED) is 0.845. The van der Waals surface area contributed by atoms with Gasteiger partial charge in [0.2, 0.25) is 0 Å². The third kappa shape index (κ3) is 2.59. The fraction of sp³-hybridized carbons (Fsp3) is 0.500. The maximum atomic E-state index is 13.0. The molecule has 18 heavy (non-hydrogen) atoms. The Morgan fingerprint density at radius 1 is 1.61 bits per heavy atom. The number of halogens is 1. The molecule has 1 aliphatic heterocycles. The number of anilines is 1. The summed E-state index contributed by atoms with van der Waals surface area (Å²) in [4.78, 5) is 16.8. The lowest BCUT2D eigenvalue weighted by atomic mass is 9.98. The first kappa shape index (κ1) is 12.8. The van der Waals surface area contributed by atoms with Crippen molar-refractivity contribution in [2.24, 2.45) is 5.92 Å². The molecule has 1 aromatic rings. The van der Waals surface area contributed by atoms with Gasteiger partial charge in [-0.1, -0.05) is 0 Å². The molecule has 0 spiro atoms. The minimum absolute atomic E-state index is 0.0695. The number of piperidine rings is 1. The van der Waals surface area contributed by atoms with Gasteiger partial charge in [-0.2, -0.15) is 0 Å². The van der Waals surface area contributed by atoms with Gasteiger partial charge in [0.25, 0.3) is 0 Å². The van der Waals surface area contributed by atoms with Crippen LogP contribution in [0.2, 0.25) is 0 Å². The standard InChI is InChI=1S/C12H15FN2O3/c13-9-4-10(12(17)18)11(14-5-9)15-3-1-2-8(6-15)7-16/h4-5,8,16H,1-3,6-7H2,(H,17,18). The lowest BCUT2D eigenvalue weighted by Crippen LogP contribution is -2.38. The van der Waals surface area contributed by atoms with Gasteiger partial charge in [0, 0.05) is 19.7 Å². The van der Waals surface area contributed by atoms with Gasteiger partial charge in [0.05, 0.1) is 6.20 Å². The van der Waals surface area contributed by atoms with Crippen LogP contribution in [0.1, 0.15) is 23.2 Å². The molecule has 2 heterocycles. The number of rotatable bonds is 3. The van der Waals surface area contributed by atoms with E-state index >= 15 is 0 Å². The van der Waals surface area contributed by atoms with Crippen molar-refractivity contribution in [3.63, 3.8) is 0 Å². The molecule has 1 atom stereocenters. The molecule has 0 amide bonds. The Morgan fingerprint density at radius 2 is 2.39 bits per heavy atom. The zero-order valence-corrected chi connectivity index (χ0v) is 9.84. The second kappa shape index (κ2) is 5.30. The molecule has 1 unspecified atom stereocenters. The minimum Gasteiger partial charge on any atom is -0.478 e. The minimum atomic E-state index is -1.19. The highest BCUT2D eigenvalue weighted by atomic mass is 19.1. The van der Waals surface area contributed by atoms with Crippen molar-refractivity contribution in [2.45, 2.75) is 12.8 Å². The number of aromatic nitrogens is 1. The summed E-state index contributed by atoms with van der Waals surface area (Å²) in [5.41, 5.74) is -0.131. The van der Waals surface area contributed by atoms with Crippen LogP contribution in [-0.4, -0.2) is 40.9 Å². The first-order chi connectivity index (χ1) is 8.61. The van der Waals surface area contributed by atoms with E-state index in [1.54, 1.807) is 4.90 Å². The van der Waals surface area contributed by atoms with E-state index in [-0.39, 0.29) is 23.9 Å². The topological polar surface area (TPSA) is 73.7 Å². The van der Waals surface area contributed by atoms with E-state index in [1.165, 1.54) is 0 Å². The van der Waals surface area contributed by atoms with Crippen molar-refractivity contribution in [1.82, 2.24) is 4.98 Å². The molecule has 0 radical (unpaired) electrons. The Kier molecular flexibility index (Phi) is 3.76.